The van der Waals surface area contributed by atoms with E-state index in [4.69, 9.17) is 9.47 Å². The summed E-state index contributed by atoms with van der Waals surface area (Å²) in [6, 6.07) is 12.1. The summed E-state index contributed by atoms with van der Waals surface area (Å²) in [7, 11) is 1.60. The van der Waals surface area contributed by atoms with Gasteiger partial charge in [0.15, 0.2) is 18.1 Å². The van der Waals surface area contributed by atoms with Crippen LogP contribution in [0.4, 0.5) is 0 Å². The Hall–Kier alpha value is -2.99. The van der Waals surface area contributed by atoms with E-state index in [2.05, 4.69) is 46.9 Å². The first-order valence-electron chi connectivity index (χ1n) is 9.95. The first-order chi connectivity index (χ1) is 14.1. The van der Waals surface area contributed by atoms with Crippen molar-refractivity contribution in [2.75, 3.05) is 26.8 Å². The van der Waals surface area contributed by atoms with Crippen LogP contribution in [0.3, 0.4) is 0 Å². The largest absolute Gasteiger partial charge is 0.493 e. The van der Waals surface area contributed by atoms with E-state index >= 15 is 0 Å². The summed E-state index contributed by atoms with van der Waals surface area (Å²) in [4.78, 5) is 14.9. The Morgan fingerprint density at radius 2 is 2.03 bits per heavy atom. The molecule has 0 radical (unpaired) electrons. The number of likely N-dealkylation sites (N-methyl/N-ethyl adjacent to an activating group) is 1. The van der Waals surface area contributed by atoms with Crippen molar-refractivity contribution < 1.29 is 14.3 Å². The fraction of sp³-hybridized carbons (Fsp3) is 0.348. The lowest BCUT2D eigenvalue weighted by molar-refractivity contribution is -0.123. The van der Waals surface area contributed by atoms with Gasteiger partial charge in [0.1, 0.15) is 0 Å². The van der Waals surface area contributed by atoms with Gasteiger partial charge in [0, 0.05) is 30.2 Å². The molecule has 0 aliphatic heterocycles. The van der Waals surface area contributed by atoms with E-state index in [9.17, 15) is 4.79 Å². The van der Waals surface area contributed by atoms with Crippen LogP contribution < -0.4 is 20.1 Å². The molecule has 0 aliphatic rings. The Kier molecular flexibility index (Phi) is 7.14. The lowest BCUT2D eigenvalue weighted by Gasteiger charge is -2.12. The maximum atomic E-state index is 11.6. The number of fused-ring (bicyclic) bond motifs is 1. The maximum Gasteiger partial charge on any atom is 0.257 e. The number of aromatic amines is 1. The summed E-state index contributed by atoms with van der Waals surface area (Å²) < 4.78 is 11.0. The van der Waals surface area contributed by atoms with E-state index in [1.54, 1.807) is 7.11 Å². The van der Waals surface area contributed by atoms with Crippen LogP contribution >= 0.6 is 0 Å². The van der Waals surface area contributed by atoms with Gasteiger partial charge >= 0.3 is 0 Å². The number of ether oxygens (including phenoxy) is 2. The second-order valence-corrected chi connectivity index (χ2v) is 6.97. The summed E-state index contributed by atoms with van der Waals surface area (Å²) in [6.07, 6.45) is 3.05. The molecule has 3 N–H and O–H groups in total. The average Bonchev–Trinajstić information content (AvgIpc) is 3.14. The minimum absolute atomic E-state index is 0.0220. The SMILES string of the molecule is CCNC(=O)COc1ccc(CNCCc2c[nH]c3cccc(C)c23)cc1OC. The zero-order chi connectivity index (χ0) is 20.6. The normalized spacial score (nSPS) is 10.9. The summed E-state index contributed by atoms with van der Waals surface area (Å²) >= 11 is 0. The quantitative estimate of drug-likeness (QED) is 0.460. The first kappa shape index (κ1) is 20.7. The number of benzene rings is 2. The highest BCUT2D eigenvalue weighted by Gasteiger charge is 2.09. The number of nitrogens with one attached hydrogen (secondary N) is 3. The Morgan fingerprint density at radius 1 is 1.17 bits per heavy atom. The van der Waals surface area contributed by atoms with E-state index in [0.29, 0.717) is 18.0 Å². The predicted molar refractivity (Wildman–Crippen MR) is 116 cm³/mol. The maximum absolute atomic E-state index is 11.6. The fourth-order valence-electron chi connectivity index (χ4n) is 3.44. The third kappa shape index (κ3) is 5.29. The van der Waals surface area contributed by atoms with Crippen molar-refractivity contribution in [2.24, 2.45) is 0 Å². The van der Waals surface area contributed by atoms with E-state index in [1.165, 1.54) is 22.0 Å². The van der Waals surface area contributed by atoms with E-state index in [0.717, 1.165) is 25.1 Å². The molecule has 1 amide bonds. The predicted octanol–water partition coefficient (Wildman–Crippen LogP) is 3.33. The number of carbonyl (C=O) groups is 1. The number of rotatable bonds is 10. The van der Waals surface area contributed by atoms with Gasteiger partial charge in [0.25, 0.3) is 5.91 Å². The molecular weight excluding hydrogens is 366 g/mol. The summed E-state index contributed by atoms with van der Waals surface area (Å²) in [5.41, 5.74) is 4.92. The minimum atomic E-state index is -0.146. The number of hydrogen-bond donors (Lipinski definition) is 3. The monoisotopic (exact) mass is 395 g/mol. The highest BCUT2D eigenvalue weighted by molar-refractivity contribution is 5.86. The second-order valence-electron chi connectivity index (χ2n) is 6.97. The molecule has 6 nitrogen and oxygen atoms in total. The number of amides is 1. The van der Waals surface area contributed by atoms with Crippen LogP contribution in [-0.2, 0) is 17.8 Å². The zero-order valence-corrected chi connectivity index (χ0v) is 17.3. The number of aromatic nitrogens is 1. The molecule has 0 fully saturated rings. The van der Waals surface area contributed by atoms with Crippen molar-refractivity contribution >= 4 is 16.8 Å². The minimum Gasteiger partial charge on any atom is -0.493 e. The molecule has 6 heteroatoms. The van der Waals surface area contributed by atoms with Gasteiger partial charge in [-0.2, -0.15) is 0 Å². The van der Waals surface area contributed by atoms with E-state index in [1.807, 2.05) is 25.1 Å². The molecule has 3 rings (SSSR count). The molecule has 0 aliphatic carbocycles. The van der Waals surface area contributed by atoms with Crippen molar-refractivity contribution in [3.8, 4) is 11.5 Å². The van der Waals surface area contributed by atoms with Crippen LogP contribution in [0.2, 0.25) is 0 Å². The topological polar surface area (TPSA) is 75.4 Å². The number of carbonyl (C=O) groups excluding carboxylic acids is 1. The van der Waals surface area contributed by atoms with Gasteiger partial charge in [-0.3, -0.25) is 4.79 Å². The van der Waals surface area contributed by atoms with Gasteiger partial charge in [-0.1, -0.05) is 18.2 Å². The number of methoxy groups -OCH3 is 1. The lowest BCUT2D eigenvalue weighted by Crippen LogP contribution is -2.28. The van der Waals surface area contributed by atoms with Gasteiger partial charge in [-0.15, -0.1) is 0 Å². The molecule has 29 heavy (non-hydrogen) atoms. The highest BCUT2D eigenvalue weighted by atomic mass is 16.5. The van der Waals surface area contributed by atoms with Gasteiger partial charge < -0.3 is 25.1 Å². The van der Waals surface area contributed by atoms with Crippen LogP contribution in [0.15, 0.2) is 42.6 Å². The third-order valence-corrected chi connectivity index (χ3v) is 4.86. The molecule has 1 aromatic heterocycles. The fourth-order valence-corrected chi connectivity index (χ4v) is 3.44. The standard InChI is InChI=1S/C23H29N3O3/c1-4-25-22(27)15-29-20-9-8-17(12-21(20)28-3)13-24-11-10-18-14-26-19-7-5-6-16(2)23(18)19/h5-9,12,14,24,26H,4,10-11,13,15H2,1-3H3,(H,25,27). The number of hydrogen-bond acceptors (Lipinski definition) is 4. The molecule has 0 unspecified atom stereocenters. The Labute approximate surface area is 171 Å². The van der Waals surface area contributed by atoms with Crippen molar-refractivity contribution in [2.45, 2.75) is 26.8 Å². The average molecular weight is 396 g/mol. The third-order valence-electron chi connectivity index (χ3n) is 4.86. The van der Waals surface area contributed by atoms with E-state index < -0.39 is 0 Å². The van der Waals surface area contributed by atoms with E-state index in [-0.39, 0.29) is 12.5 Å². The first-order valence-corrected chi connectivity index (χ1v) is 9.95. The Bertz CT molecular complexity index is 965. The smallest absolute Gasteiger partial charge is 0.257 e. The Morgan fingerprint density at radius 3 is 2.83 bits per heavy atom. The molecule has 2 aromatic carbocycles. The van der Waals surface area contributed by atoms with Crippen LogP contribution in [0.5, 0.6) is 11.5 Å². The van der Waals surface area contributed by atoms with Crippen molar-refractivity contribution in [3.63, 3.8) is 0 Å². The van der Waals surface area contributed by atoms with Crippen molar-refractivity contribution in [1.82, 2.24) is 15.6 Å². The molecule has 3 aromatic rings. The van der Waals surface area contributed by atoms with Gasteiger partial charge in [-0.25, -0.2) is 0 Å². The number of H-pyrrole nitrogens is 1. The molecule has 0 atom stereocenters. The van der Waals surface area contributed by atoms with Gasteiger partial charge in [0.2, 0.25) is 0 Å². The highest BCUT2D eigenvalue weighted by Crippen LogP contribution is 2.28. The zero-order valence-electron chi connectivity index (χ0n) is 17.3. The van der Waals surface area contributed by atoms with Gasteiger partial charge in [0.05, 0.1) is 7.11 Å². The molecule has 0 spiro atoms. The molecule has 0 bridgehead atoms. The van der Waals surface area contributed by atoms with Gasteiger partial charge in [-0.05, 0) is 61.7 Å². The Balaban J connectivity index is 1.53. The van der Waals surface area contributed by atoms with Crippen LogP contribution in [0.25, 0.3) is 10.9 Å². The molecular formula is C23H29N3O3. The second kappa shape index (κ2) is 9.98. The summed E-state index contributed by atoms with van der Waals surface area (Å²) in [6.45, 7) is 6.19. The lowest BCUT2D eigenvalue weighted by atomic mass is 10.1. The van der Waals surface area contributed by atoms with Crippen molar-refractivity contribution in [1.29, 1.82) is 0 Å². The molecule has 0 saturated heterocycles. The van der Waals surface area contributed by atoms with Crippen LogP contribution in [-0.4, -0.2) is 37.7 Å². The molecule has 1 heterocycles. The van der Waals surface area contributed by atoms with Crippen LogP contribution in [0, 0.1) is 6.92 Å². The van der Waals surface area contributed by atoms with Crippen LogP contribution in [0.1, 0.15) is 23.6 Å². The number of aryl methyl sites for hydroxylation is 1. The van der Waals surface area contributed by atoms with Crippen molar-refractivity contribution in [3.05, 3.63) is 59.3 Å². The molecule has 0 saturated carbocycles. The molecule has 154 valence electrons. The summed E-state index contributed by atoms with van der Waals surface area (Å²) in [5.74, 6) is 1.05. The summed E-state index contributed by atoms with van der Waals surface area (Å²) in [5, 5.41) is 7.52.